The Morgan fingerprint density at radius 3 is 2.54 bits per heavy atom. The Morgan fingerprint density at radius 1 is 1.13 bits per heavy atom. The van der Waals surface area contributed by atoms with Gasteiger partial charge in [0.2, 0.25) is 5.82 Å². The minimum absolute atomic E-state index is 0.0738. The van der Waals surface area contributed by atoms with Crippen LogP contribution in [0.25, 0.3) is 0 Å². The molecule has 1 fully saturated rings. The number of nitrogen functional groups attached to an aromatic ring is 1. The number of carbonyl (C=O) groups is 3. The van der Waals surface area contributed by atoms with Crippen molar-refractivity contribution in [1.29, 1.82) is 5.26 Å². The number of nitrogens with zero attached hydrogens (tertiary/aromatic N) is 6. The first-order valence-corrected chi connectivity index (χ1v) is 12.6. The van der Waals surface area contributed by atoms with E-state index in [0.29, 0.717) is 23.6 Å². The second kappa shape index (κ2) is 11.5. The molecule has 3 N–H and O–H groups in total. The summed E-state index contributed by atoms with van der Waals surface area (Å²) < 4.78 is 11.0. The molecular weight excluding hydrogens is 504 g/mol. The summed E-state index contributed by atoms with van der Waals surface area (Å²) in [5, 5.41) is 9.48. The molecule has 0 aliphatic carbocycles. The van der Waals surface area contributed by atoms with E-state index in [2.05, 4.69) is 16.0 Å². The van der Waals surface area contributed by atoms with Crippen LogP contribution in [0.2, 0.25) is 0 Å². The van der Waals surface area contributed by atoms with Gasteiger partial charge < -0.3 is 19.3 Å². The fourth-order valence-electron chi connectivity index (χ4n) is 4.49. The molecule has 3 amide bonds. The topological polar surface area (TPSA) is 167 Å². The number of piperazine rings is 1. The van der Waals surface area contributed by atoms with Gasteiger partial charge in [0.15, 0.2) is 0 Å². The number of anilines is 1. The third-order valence-electron chi connectivity index (χ3n) is 6.30. The average Bonchev–Trinajstić information content (AvgIpc) is 3.35. The normalized spacial score (nSPS) is 16.8. The number of hydrogen-bond donors (Lipinski definition) is 2. The molecule has 1 aromatic heterocycles. The van der Waals surface area contributed by atoms with E-state index in [1.807, 2.05) is 40.7 Å². The van der Waals surface area contributed by atoms with Gasteiger partial charge in [-0.25, -0.2) is 25.4 Å². The lowest BCUT2D eigenvalue weighted by atomic mass is 10.1. The van der Waals surface area contributed by atoms with Crippen LogP contribution in [0.1, 0.15) is 54.6 Å². The maximum Gasteiger partial charge on any atom is 0.410 e. The molecule has 206 valence electrons. The minimum Gasteiger partial charge on any atom is -0.445 e. The molecule has 1 aromatic carbocycles. The minimum atomic E-state index is -0.680. The van der Waals surface area contributed by atoms with Gasteiger partial charge in [0.05, 0.1) is 37.3 Å². The van der Waals surface area contributed by atoms with E-state index in [1.54, 1.807) is 25.7 Å². The van der Waals surface area contributed by atoms with Gasteiger partial charge in [-0.1, -0.05) is 30.3 Å². The number of hydrazine groups is 1. The number of rotatable bonds is 5. The zero-order valence-electron chi connectivity index (χ0n) is 22.2. The van der Waals surface area contributed by atoms with Crippen molar-refractivity contribution in [2.45, 2.75) is 58.5 Å². The highest BCUT2D eigenvalue weighted by Gasteiger charge is 2.37. The molecule has 13 nitrogen and oxygen atoms in total. The summed E-state index contributed by atoms with van der Waals surface area (Å²) in [5.41, 5.74) is 3.40. The van der Waals surface area contributed by atoms with E-state index < -0.39 is 29.7 Å². The fraction of sp³-hybridized carbons (Fsp3) is 0.462. The Balaban J connectivity index is 1.55. The van der Waals surface area contributed by atoms with E-state index in [9.17, 15) is 19.6 Å². The molecule has 4 rings (SSSR count). The van der Waals surface area contributed by atoms with Gasteiger partial charge in [-0.05, 0) is 26.3 Å². The summed E-state index contributed by atoms with van der Waals surface area (Å²) in [4.78, 5) is 51.8. The van der Waals surface area contributed by atoms with Crippen LogP contribution in [-0.4, -0.2) is 69.1 Å². The van der Waals surface area contributed by atoms with Crippen molar-refractivity contribution in [1.82, 2.24) is 25.2 Å². The molecule has 2 aliphatic heterocycles. The quantitative estimate of drug-likeness (QED) is 0.328. The van der Waals surface area contributed by atoms with Crippen molar-refractivity contribution in [2.75, 3.05) is 24.5 Å². The molecule has 1 atom stereocenters. The highest BCUT2D eigenvalue weighted by atomic mass is 16.6. The summed E-state index contributed by atoms with van der Waals surface area (Å²) in [6.07, 6.45) is -0.944. The van der Waals surface area contributed by atoms with Gasteiger partial charge >= 0.3 is 18.1 Å². The van der Waals surface area contributed by atoms with E-state index in [1.165, 1.54) is 4.90 Å². The largest absolute Gasteiger partial charge is 0.445 e. The molecular formula is C26H32N8O5. The number of hydrogen-bond acceptors (Lipinski definition) is 10. The van der Waals surface area contributed by atoms with Gasteiger partial charge in [0.1, 0.15) is 18.0 Å². The summed E-state index contributed by atoms with van der Waals surface area (Å²) in [6.45, 7) is 6.69. The van der Waals surface area contributed by atoms with Crippen LogP contribution in [0, 0.1) is 11.3 Å². The number of benzene rings is 1. The van der Waals surface area contributed by atoms with E-state index in [4.69, 9.17) is 15.3 Å². The first-order valence-electron chi connectivity index (χ1n) is 12.6. The second-order valence-electron chi connectivity index (χ2n) is 10.3. The number of carbonyl (C=O) groups excluding carboxylic acids is 3. The van der Waals surface area contributed by atoms with Crippen molar-refractivity contribution >= 4 is 23.9 Å². The third kappa shape index (κ3) is 6.53. The first kappa shape index (κ1) is 27.6. The van der Waals surface area contributed by atoms with Crippen LogP contribution in [0.4, 0.5) is 15.4 Å². The van der Waals surface area contributed by atoms with Crippen LogP contribution in [0.5, 0.6) is 0 Å². The highest BCUT2D eigenvalue weighted by molar-refractivity contribution is 5.90. The number of aromatic nitrogens is 2. The van der Waals surface area contributed by atoms with Crippen LogP contribution >= 0.6 is 0 Å². The zero-order chi connectivity index (χ0) is 28.2. The molecule has 2 aliphatic rings. The molecule has 0 spiro atoms. The van der Waals surface area contributed by atoms with E-state index in [-0.39, 0.29) is 45.0 Å². The molecule has 0 radical (unpaired) electrons. The lowest BCUT2D eigenvalue weighted by Crippen LogP contribution is -2.55. The molecule has 13 heteroatoms. The van der Waals surface area contributed by atoms with Crippen LogP contribution in [0.3, 0.4) is 0 Å². The summed E-state index contributed by atoms with van der Waals surface area (Å²) in [5.74, 6) is 4.97. The van der Waals surface area contributed by atoms with E-state index in [0.717, 1.165) is 5.56 Å². The van der Waals surface area contributed by atoms with Crippen LogP contribution in [0.15, 0.2) is 30.3 Å². The zero-order valence-corrected chi connectivity index (χ0v) is 22.2. The average molecular weight is 537 g/mol. The summed E-state index contributed by atoms with van der Waals surface area (Å²) in [6, 6.07) is 11.0. The molecule has 39 heavy (non-hydrogen) atoms. The molecule has 3 heterocycles. The smallest absolute Gasteiger partial charge is 0.410 e. The van der Waals surface area contributed by atoms with Crippen molar-refractivity contribution in [2.24, 2.45) is 5.84 Å². The molecule has 0 unspecified atom stereocenters. The standard InChI is InChI=1S/C26H32N8O5/c1-26(2,3)39-24(36)33-14-19-20(15-33)29-21(23(35)31-28)30-22(19)32-11-12-34(18(13-32)9-10-27)25(37)38-16-17-7-5-4-6-8-17/h4-8,18H,9,11-16,28H2,1-3H3,(H,31,35)/t18-/m0/s1. The number of nitrogens with two attached hydrogens (primary N) is 1. The Morgan fingerprint density at radius 2 is 1.87 bits per heavy atom. The van der Waals surface area contributed by atoms with E-state index >= 15 is 0 Å². The number of ether oxygens (including phenoxy) is 2. The van der Waals surface area contributed by atoms with Crippen LogP contribution < -0.4 is 16.2 Å². The van der Waals surface area contributed by atoms with Crippen molar-refractivity contribution in [3.63, 3.8) is 0 Å². The predicted octanol–water partition coefficient (Wildman–Crippen LogP) is 2.07. The van der Waals surface area contributed by atoms with Crippen LogP contribution in [-0.2, 0) is 29.2 Å². The molecule has 1 saturated heterocycles. The molecule has 0 bridgehead atoms. The Kier molecular flexibility index (Phi) is 8.15. The number of amides is 3. The summed E-state index contributed by atoms with van der Waals surface area (Å²) >= 11 is 0. The molecule has 0 saturated carbocycles. The van der Waals surface area contributed by atoms with Crippen molar-refractivity contribution in [3.05, 3.63) is 53.0 Å². The first-order chi connectivity index (χ1) is 18.6. The third-order valence-corrected chi connectivity index (χ3v) is 6.30. The van der Waals surface area contributed by atoms with Crippen molar-refractivity contribution < 1.29 is 23.9 Å². The lowest BCUT2D eigenvalue weighted by molar-refractivity contribution is 0.0240. The molecule has 2 aromatic rings. The Bertz CT molecular complexity index is 1270. The maximum atomic E-state index is 12.9. The second-order valence-corrected chi connectivity index (χ2v) is 10.3. The van der Waals surface area contributed by atoms with Gasteiger partial charge in [0.25, 0.3) is 0 Å². The Hall–Kier alpha value is -4.44. The predicted molar refractivity (Wildman–Crippen MR) is 139 cm³/mol. The van der Waals surface area contributed by atoms with Gasteiger partial charge in [-0.2, -0.15) is 5.26 Å². The lowest BCUT2D eigenvalue weighted by Gasteiger charge is -2.41. The Labute approximate surface area is 226 Å². The fourth-order valence-corrected chi connectivity index (χ4v) is 4.49. The number of nitrogens with one attached hydrogen (secondary N) is 1. The monoisotopic (exact) mass is 536 g/mol. The van der Waals surface area contributed by atoms with Gasteiger partial charge in [-0.15, -0.1) is 0 Å². The van der Waals surface area contributed by atoms with Gasteiger partial charge in [-0.3, -0.25) is 15.1 Å². The van der Waals surface area contributed by atoms with Crippen molar-refractivity contribution in [3.8, 4) is 6.07 Å². The maximum absolute atomic E-state index is 12.9. The van der Waals surface area contributed by atoms with Gasteiger partial charge in [0, 0.05) is 25.2 Å². The SMILES string of the molecule is CC(C)(C)OC(=O)N1Cc2nc(C(=O)NN)nc(N3CCN(C(=O)OCc4ccccc4)[C@@H](CC#N)C3)c2C1. The number of fused-ring (bicyclic) bond motifs is 1. The summed E-state index contributed by atoms with van der Waals surface area (Å²) in [7, 11) is 0. The highest BCUT2D eigenvalue weighted by Crippen LogP contribution is 2.32. The number of nitriles is 1.